The van der Waals surface area contributed by atoms with Gasteiger partial charge in [-0.25, -0.2) is 0 Å². The van der Waals surface area contributed by atoms with Crippen molar-refractivity contribution >= 4 is 0 Å². The minimum absolute atomic E-state index is 0.284. The summed E-state index contributed by atoms with van der Waals surface area (Å²) in [5.74, 6) is 0.284. The van der Waals surface area contributed by atoms with E-state index in [1.165, 1.54) is 12.0 Å². The number of hydrogen-bond donors (Lipinski definition) is 1. The summed E-state index contributed by atoms with van der Waals surface area (Å²) in [5.41, 5.74) is -0.237. The van der Waals surface area contributed by atoms with Crippen LogP contribution in [0, 0.1) is 16.7 Å². The van der Waals surface area contributed by atoms with E-state index in [9.17, 15) is 10.4 Å². The first kappa shape index (κ1) is 15.1. The molecule has 1 fully saturated rings. The van der Waals surface area contributed by atoms with Gasteiger partial charge in [-0.05, 0) is 37.7 Å². The summed E-state index contributed by atoms with van der Waals surface area (Å²) in [6, 6.07) is 12.7. The van der Waals surface area contributed by atoms with Crippen LogP contribution in [0.15, 0.2) is 30.3 Å². The summed E-state index contributed by atoms with van der Waals surface area (Å²) in [7, 11) is 0. The molecule has 2 heteroatoms. The highest BCUT2D eigenvalue weighted by Gasteiger charge is 2.48. The van der Waals surface area contributed by atoms with Gasteiger partial charge in [0.15, 0.2) is 0 Å². The van der Waals surface area contributed by atoms with Crippen molar-refractivity contribution in [2.24, 2.45) is 5.41 Å². The topological polar surface area (TPSA) is 44.0 Å². The molecule has 1 aliphatic carbocycles. The molecule has 2 rings (SSSR count). The van der Waals surface area contributed by atoms with E-state index in [2.05, 4.69) is 25.1 Å². The third kappa shape index (κ3) is 2.88. The number of benzene rings is 1. The van der Waals surface area contributed by atoms with Gasteiger partial charge in [-0.1, -0.05) is 56.5 Å². The molecule has 1 aromatic carbocycles. The summed E-state index contributed by atoms with van der Waals surface area (Å²) in [4.78, 5) is 0. The normalized spacial score (nSPS) is 22.5. The van der Waals surface area contributed by atoms with Crippen LogP contribution in [-0.4, -0.2) is 10.7 Å². The third-order valence-electron chi connectivity index (χ3n) is 5.04. The quantitative estimate of drug-likeness (QED) is 0.881. The van der Waals surface area contributed by atoms with E-state index in [1.54, 1.807) is 0 Å². The largest absolute Gasteiger partial charge is 0.388 e. The highest BCUT2D eigenvalue weighted by molar-refractivity contribution is 5.21. The van der Waals surface area contributed by atoms with E-state index < -0.39 is 11.0 Å². The van der Waals surface area contributed by atoms with Crippen LogP contribution >= 0.6 is 0 Å². The highest BCUT2D eigenvalue weighted by Crippen LogP contribution is 2.47. The lowest BCUT2D eigenvalue weighted by Gasteiger charge is -2.44. The standard InChI is InChI=1S/C18H25NO/c1-15(16-9-5-3-6-10-16)13-17(2,14-19)18(20)11-7-4-8-12-18/h3,5-6,9-10,15,20H,4,7-8,11-13H2,1-2H3/t15-,17-/m1/s1. The van der Waals surface area contributed by atoms with Crippen molar-refractivity contribution in [3.63, 3.8) is 0 Å². The summed E-state index contributed by atoms with van der Waals surface area (Å²) in [5, 5.41) is 20.7. The zero-order valence-electron chi connectivity index (χ0n) is 12.6. The number of hydrogen-bond acceptors (Lipinski definition) is 2. The Bertz CT molecular complexity index is 470. The molecule has 1 aliphatic rings. The second-order valence-corrected chi connectivity index (χ2v) is 6.55. The first-order valence-corrected chi connectivity index (χ1v) is 7.69. The van der Waals surface area contributed by atoms with Crippen LogP contribution in [-0.2, 0) is 0 Å². The zero-order valence-corrected chi connectivity index (χ0v) is 12.6. The lowest BCUT2D eigenvalue weighted by molar-refractivity contribution is -0.0803. The Labute approximate surface area is 122 Å². The molecule has 2 nitrogen and oxygen atoms in total. The maximum absolute atomic E-state index is 11.0. The van der Waals surface area contributed by atoms with Crippen molar-refractivity contribution < 1.29 is 5.11 Å². The molecule has 0 radical (unpaired) electrons. The van der Waals surface area contributed by atoms with Gasteiger partial charge in [0.25, 0.3) is 0 Å². The zero-order chi connectivity index (χ0) is 14.6. The Hall–Kier alpha value is -1.33. The van der Waals surface area contributed by atoms with Crippen molar-refractivity contribution in [3.05, 3.63) is 35.9 Å². The highest BCUT2D eigenvalue weighted by atomic mass is 16.3. The number of rotatable bonds is 4. The maximum Gasteiger partial charge on any atom is 0.0838 e. The summed E-state index contributed by atoms with van der Waals surface area (Å²) in [6.07, 6.45) is 5.49. The molecule has 2 atom stereocenters. The molecule has 0 aliphatic heterocycles. The van der Waals surface area contributed by atoms with Gasteiger partial charge in [-0.2, -0.15) is 5.26 Å². The molecular weight excluding hydrogens is 246 g/mol. The molecule has 1 N–H and O–H groups in total. The monoisotopic (exact) mass is 271 g/mol. The minimum Gasteiger partial charge on any atom is -0.388 e. The summed E-state index contributed by atoms with van der Waals surface area (Å²) < 4.78 is 0. The van der Waals surface area contributed by atoms with Gasteiger partial charge in [0.2, 0.25) is 0 Å². The van der Waals surface area contributed by atoms with Crippen molar-refractivity contribution in [2.45, 2.75) is 63.9 Å². The first-order chi connectivity index (χ1) is 9.51. The van der Waals surface area contributed by atoms with E-state index in [-0.39, 0.29) is 5.92 Å². The lowest BCUT2D eigenvalue weighted by atomic mass is 9.63. The smallest absolute Gasteiger partial charge is 0.0838 e. The van der Waals surface area contributed by atoms with Gasteiger partial charge >= 0.3 is 0 Å². The third-order valence-corrected chi connectivity index (χ3v) is 5.04. The molecule has 0 unspecified atom stereocenters. The van der Waals surface area contributed by atoms with Gasteiger partial charge in [0, 0.05) is 0 Å². The molecule has 0 spiro atoms. The molecule has 0 saturated heterocycles. The number of nitriles is 1. The Morgan fingerprint density at radius 1 is 1.25 bits per heavy atom. The fraction of sp³-hybridized carbons (Fsp3) is 0.611. The second-order valence-electron chi connectivity index (χ2n) is 6.55. The fourth-order valence-electron chi connectivity index (χ4n) is 3.54. The average molecular weight is 271 g/mol. The van der Waals surface area contributed by atoms with Crippen LogP contribution in [0.3, 0.4) is 0 Å². The second kappa shape index (κ2) is 5.97. The predicted molar refractivity (Wildman–Crippen MR) is 81.2 cm³/mol. The minimum atomic E-state index is -0.816. The van der Waals surface area contributed by atoms with Crippen LogP contribution < -0.4 is 0 Å². The van der Waals surface area contributed by atoms with Crippen molar-refractivity contribution in [3.8, 4) is 6.07 Å². The van der Waals surface area contributed by atoms with E-state index >= 15 is 0 Å². The van der Waals surface area contributed by atoms with Crippen molar-refractivity contribution in [2.75, 3.05) is 0 Å². The molecule has 1 aromatic rings. The predicted octanol–water partition coefficient (Wildman–Crippen LogP) is 4.41. The average Bonchev–Trinajstić information content (AvgIpc) is 2.48. The Balaban J connectivity index is 2.17. The van der Waals surface area contributed by atoms with Gasteiger partial charge in [0.1, 0.15) is 0 Å². The molecule has 0 bridgehead atoms. The number of aliphatic hydroxyl groups is 1. The van der Waals surface area contributed by atoms with E-state index in [0.29, 0.717) is 6.42 Å². The Kier molecular flexibility index (Phi) is 4.50. The molecule has 1 saturated carbocycles. The van der Waals surface area contributed by atoms with Crippen LogP contribution in [0.1, 0.15) is 63.9 Å². The van der Waals surface area contributed by atoms with Crippen LogP contribution in [0.4, 0.5) is 0 Å². The Morgan fingerprint density at radius 2 is 1.85 bits per heavy atom. The van der Waals surface area contributed by atoms with E-state index in [4.69, 9.17) is 0 Å². The van der Waals surface area contributed by atoms with Crippen LogP contribution in [0.2, 0.25) is 0 Å². The Morgan fingerprint density at radius 3 is 2.40 bits per heavy atom. The van der Waals surface area contributed by atoms with Gasteiger partial charge < -0.3 is 5.11 Å². The van der Waals surface area contributed by atoms with E-state index in [1.807, 2.05) is 25.1 Å². The molecule has 0 aromatic heterocycles. The van der Waals surface area contributed by atoms with Gasteiger partial charge in [0.05, 0.1) is 17.1 Å². The van der Waals surface area contributed by atoms with Crippen LogP contribution in [0.25, 0.3) is 0 Å². The lowest BCUT2D eigenvalue weighted by Crippen LogP contribution is -2.47. The van der Waals surface area contributed by atoms with Crippen molar-refractivity contribution in [1.29, 1.82) is 5.26 Å². The van der Waals surface area contributed by atoms with Gasteiger partial charge in [-0.15, -0.1) is 0 Å². The fourth-order valence-corrected chi connectivity index (χ4v) is 3.54. The molecular formula is C18H25NO. The maximum atomic E-state index is 11.0. The molecule has 0 heterocycles. The summed E-state index contributed by atoms with van der Waals surface area (Å²) >= 11 is 0. The molecule has 108 valence electrons. The SMILES string of the molecule is C[C@H](C[C@](C)(C#N)C1(O)CCCCC1)c1ccccc1. The molecule has 20 heavy (non-hydrogen) atoms. The first-order valence-electron chi connectivity index (χ1n) is 7.69. The van der Waals surface area contributed by atoms with E-state index in [0.717, 1.165) is 25.7 Å². The van der Waals surface area contributed by atoms with Crippen molar-refractivity contribution in [1.82, 2.24) is 0 Å². The number of nitrogens with zero attached hydrogens (tertiary/aromatic N) is 1. The summed E-state index contributed by atoms with van der Waals surface area (Å²) in [6.45, 7) is 4.09. The van der Waals surface area contributed by atoms with Crippen LogP contribution in [0.5, 0.6) is 0 Å². The molecule has 0 amide bonds. The van der Waals surface area contributed by atoms with Gasteiger partial charge in [-0.3, -0.25) is 0 Å².